The zero-order valence-corrected chi connectivity index (χ0v) is 24.3. The number of pyridine rings is 1. The Hall–Kier alpha value is -4.17. The number of allylic oxidation sites excluding steroid dienone is 4. The van der Waals surface area contributed by atoms with Gasteiger partial charge in [0.2, 0.25) is 0 Å². The molecule has 1 aromatic carbocycles. The number of piperazine rings is 1. The van der Waals surface area contributed by atoms with Gasteiger partial charge in [-0.2, -0.15) is 0 Å². The first-order valence-electron chi connectivity index (χ1n) is 14.4. The highest BCUT2D eigenvalue weighted by molar-refractivity contribution is 6.00. The van der Waals surface area contributed by atoms with Gasteiger partial charge in [-0.05, 0) is 73.0 Å². The topological polar surface area (TPSA) is 89.6 Å². The standard InChI is InChI=1S/C33H38N6O2/c1-21-5-7-24(8-10-29(21)39-15-13-38(4)14-16-39)37-31(40)23-17-27-25(11-12-34-30(27)35-19-23)22-6-9-26-28(18-22)33(2,3)20-36-32(26)41/h6-11,17-19H,5,12-16,20H2,1-4H3,(H,34,35)(H,36,41)(H,37,40). The summed E-state index contributed by atoms with van der Waals surface area (Å²) in [6.45, 7) is 11.8. The van der Waals surface area contributed by atoms with Crippen LogP contribution in [0.2, 0.25) is 0 Å². The average Bonchev–Trinajstić information content (AvgIpc) is 3.16. The number of anilines is 1. The first-order chi connectivity index (χ1) is 19.7. The van der Waals surface area contributed by atoms with Crippen molar-refractivity contribution in [3.63, 3.8) is 0 Å². The van der Waals surface area contributed by atoms with E-state index in [1.54, 1.807) is 6.20 Å². The Kier molecular flexibility index (Phi) is 7.03. The molecular formula is C33H38N6O2. The summed E-state index contributed by atoms with van der Waals surface area (Å²) in [4.78, 5) is 35.3. The number of rotatable bonds is 4. The van der Waals surface area contributed by atoms with Crippen LogP contribution in [0.3, 0.4) is 0 Å². The number of carbonyl (C=O) groups is 2. The van der Waals surface area contributed by atoms with Crippen LogP contribution in [0.1, 0.15) is 64.6 Å². The second-order valence-corrected chi connectivity index (χ2v) is 12.1. The molecule has 1 fully saturated rings. The summed E-state index contributed by atoms with van der Waals surface area (Å²) in [5, 5.41) is 9.42. The fourth-order valence-electron chi connectivity index (χ4n) is 5.99. The minimum Gasteiger partial charge on any atom is -0.369 e. The highest BCUT2D eigenvalue weighted by atomic mass is 16.2. The molecule has 6 rings (SSSR count). The molecule has 0 spiro atoms. The average molecular weight is 551 g/mol. The maximum absolute atomic E-state index is 13.4. The van der Waals surface area contributed by atoms with E-state index in [-0.39, 0.29) is 17.2 Å². The number of hydrogen-bond donors (Lipinski definition) is 3. The number of benzene rings is 1. The van der Waals surface area contributed by atoms with Crippen molar-refractivity contribution in [1.29, 1.82) is 0 Å². The molecule has 1 aromatic heterocycles. The monoisotopic (exact) mass is 550 g/mol. The molecule has 0 unspecified atom stereocenters. The molecule has 4 heterocycles. The molecule has 4 aliphatic rings. The zero-order valence-electron chi connectivity index (χ0n) is 24.3. The molecule has 41 heavy (non-hydrogen) atoms. The van der Waals surface area contributed by atoms with Gasteiger partial charge in [-0.1, -0.05) is 32.1 Å². The molecule has 0 atom stereocenters. The van der Waals surface area contributed by atoms with Crippen LogP contribution in [0.4, 0.5) is 5.82 Å². The van der Waals surface area contributed by atoms with Gasteiger partial charge in [0.05, 0.1) is 5.56 Å². The smallest absolute Gasteiger partial charge is 0.257 e. The lowest BCUT2D eigenvalue weighted by Gasteiger charge is -2.35. The Morgan fingerprint density at radius 2 is 1.83 bits per heavy atom. The summed E-state index contributed by atoms with van der Waals surface area (Å²) >= 11 is 0. The Labute approximate surface area is 241 Å². The van der Waals surface area contributed by atoms with E-state index in [0.29, 0.717) is 18.7 Å². The van der Waals surface area contributed by atoms with Crippen LogP contribution in [-0.2, 0) is 5.41 Å². The number of nitrogens with zero attached hydrogens (tertiary/aromatic N) is 3. The third kappa shape index (κ3) is 5.32. The molecule has 3 aliphatic heterocycles. The van der Waals surface area contributed by atoms with Gasteiger partial charge < -0.3 is 25.8 Å². The predicted molar refractivity (Wildman–Crippen MR) is 163 cm³/mol. The van der Waals surface area contributed by atoms with Crippen molar-refractivity contribution in [2.75, 3.05) is 51.6 Å². The summed E-state index contributed by atoms with van der Waals surface area (Å²) in [6, 6.07) is 7.93. The third-order valence-corrected chi connectivity index (χ3v) is 8.60. The van der Waals surface area contributed by atoms with Crippen molar-refractivity contribution in [2.45, 2.75) is 32.6 Å². The second-order valence-electron chi connectivity index (χ2n) is 12.1. The number of nitrogens with one attached hydrogen (secondary N) is 3. The molecule has 3 N–H and O–H groups in total. The van der Waals surface area contributed by atoms with Crippen LogP contribution >= 0.6 is 0 Å². The van der Waals surface area contributed by atoms with E-state index in [0.717, 1.165) is 71.9 Å². The SMILES string of the molecule is CC1=C(N2CCN(C)CC2)C=CC(NC(=O)c2cnc3c(c2)C(c2ccc4c(c2)C(C)(C)CNC4=O)=CCN3)=CC1. The fraction of sp³-hybridized carbons (Fsp3) is 0.364. The van der Waals surface area contributed by atoms with Crippen molar-refractivity contribution in [1.82, 2.24) is 25.4 Å². The van der Waals surface area contributed by atoms with Gasteiger partial charge in [-0.3, -0.25) is 9.59 Å². The van der Waals surface area contributed by atoms with E-state index in [4.69, 9.17) is 0 Å². The molecule has 1 saturated heterocycles. The number of carbonyl (C=O) groups excluding carboxylic acids is 2. The third-order valence-electron chi connectivity index (χ3n) is 8.60. The normalized spacial score (nSPS) is 20.2. The molecule has 8 nitrogen and oxygen atoms in total. The van der Waals surface area contributed by atoms with E-state index in [1.807, 2.05) is 24.3 Å². The van der Waals surface area contributed by atoms with Crippen LogP contribution in [0.15, 0.2) is 71.7 Å². The lowest BCUT2D eigenvalue weighted by Crippen LogP contribution is -2.43. The fourth-order valence-corrected chi connectivity index (χ4v) is 5.99. The van der Waals surface area contributed by atoms with Crippen LogP contribution in [0.25, 0.3) is 5.57 Å². The number of amides is 2. The van der Waals surface area contributed by atoms with Crippen LogP contribution in [0.5, 0.6) is 0 Å². The van der Waals surface area contributed by atoms with Crippen LogP contribution in [0, 0.1) is 0 Å². The van der Waals surface area contributed by atoms with Gasteiger partial charge in [0.25, 0.3) is 11.8 Å². The number of likely N-dealkylation sites (N-methyl/N-ethyl adjacent to an activating group) is 1. The van der Waals surface area contributed by atoms with Crippen molar-refractivity contribution >= 4 is 23.2 Å². The first-order valence-corrected chi connectivity index (χ1v) is 14.4. The van der Waals surface area contributed by atoms with E-state index < -0.39 is 0 Å². The van der Waals surface area contributed by atoms with Crippen molar-refractivity contribution in [2.24, 2.45) is 0 Å². The quantitative estimate of drug-likeness (QED) is 0.532. The van der Waals surface area contributed by atoms with Crippen molar-refractivity contribution in [3.05, 3.63) is 99.6 Å². The summed E-state index contributed by atoms with van der Waals surface area (Å²) < 4.78 is 0. The molecular weight excluding hydrogens is 512 g/mol. The van der Waals surface area contributed by atoms with E-state index in [9.17, 15) is 9.59 Å². The Balaban J connectivity index is 1.22. The van der Waals surface area contributed by atoms with E-state index in [1.165, 1.54) is 11.3 Å². The summed E-state index contributed by atoms with van der Waals surface area (Å²) in [5.74, 6) is 0.526. The lowest BCUT2D eigenvalue weighted by molar-refractivity contribution is 0.0928. The number of fused-ring (bicyclic) bond motifs is 2. The maximum atomic E-state index is 13.4. The largest absolute Gasteiger partial charge is 0.369 e. The Bertz CT molecular complexity index is 1540. The number of aromatic nitrogens is 1. The highest BCUT2D eigenvalue weighted by Crippen LogP contribution is 2.36. The molecule has 0 bridgehead atoms. The highest BCUT2D eigenvalue weighted by Gasteiger charge is 2.32. The van der Waals surface area contributed by atoms with Gasteiger partial charge in [0.1, 0.15) is 5.82 Å². The maximum Gasteiger partial charge on any atom is 0.257 e. The van der Waals surface area contributed by atoms with E-state index in [2.05, 4.69) is 82.8 Å². The van der Waals surface area contributed by atoms with Crippen molar-refractivity contribution < 1.29 is 9.59 Å². The van der Waals surface area contributed by atoms with Crippen molar-refractivity contribution in [3.8, 4) is 0 Å². The van der Waals surface area contributed by atoms with Gasteiger partial charge in [0, 0.05) is 73.4 Å². The zero-order chi connectivity index (χ0) is 28.7. The van der Waals surface area contributed by atoms with Gasteiger partial charge >= 0.3 is 0 Å². The Morgan fingerprint density at radius 3 is 2.63 bits per heavy atom. The van der Waals surface area contributed by atoms with Gasteiger partial charge in [0.15, 0.2) is 0 Å². The molecule has 0 radical (unpaired) electrons. The van der Waals surface area contributed by atoms with Gasteiger partial charge in [-0.15, -0.1) is 0 Å². The Morgan fingerprint density at radius 1 is 1.02 bits per heavy atom. The molecule has 8 heteroatoms. The predicted octanol–water partition coefficient (Wildman–Crippen LogP) is 4.05. The molecule has 212 valence electrons. The number of hydrogen-bond acceptors (Lipinski definition) is 6. The van der Waals surface area contributed by atoms with Crippen LogP contribution in [-0.4, -0.2) is 72.9 Å². The van der Waals surface area contributed by atoms with Crippen LogP contribution < -0.4 is 16.0 Å². The first kappa shape index (κ1) is 27.0. The summed E-state index contributed by atoms with van der Waals surface area (Å²) in [5.41, 5.74) is 8.33. The van der Waals surface area contributed by atoms with Gasteiger partial charge in [-0.25, -0.2) is 4.98 Å². The minimum absolute atomic E-state index is 0.0332. The second kappa shape index (κ2) is 10.7. The molecule has 2 aromatic rings. The van der Waals surface area contributed by atoms with E-state index >= 15 is 0 Å². The summed E-state index contributed by atoms with van der Waals surface area (Å²) in [7, 11) is 2.16. The molecule has 1 aliphatic carbocycles. The minimum atomic E-state index is -0.190. The summed E-state index contributed by atoms with van der Waals surface area (Å²) in [6.07, 6.45) is 10.8. The molecule has 0 saturated carbocycles. The lowest BCUT2D eigenvalue weighted by atomic mass is 9.77. The molecule has 2 amide bonds.